The molecule has 0 aromatic carbocycles. The second kappa shape index (κ2) is 5.60. The molecule has 0 aromatic rings. The Hall–Kier alpha value is -1.40. The standard InChI is InChI=1S/C17H24O6/c1-8-6-5-7-17(4)15(23-17)12(19)11-9(2)16(20)22-14(11)13(8)21-10(3)18/h8,11-15,19H,2,5-7H2,1,3-4H3/t8-,11-,12-,13-,14+,15+,17-/m1/s1. The quantitative estimate of drug-likeness (QED) is 0.445. The highest BCUT2D eigenvalue weighted by Gasteiger charge is 2.62. The molecule has 6 heteroatoms. The summed E-state index contributed by atoms with van der Waals surface area (Å²) in [4.78, 5) is 23.5. The van der Waals surface area contributed by atoms with Crippen LogP contribution in [-0.4, -0.2) is 47.1 Å². The highest BCUT2D eigenvalue weighted by molar-refractivity contribution is 5.91. The van der Waals surface area contributed by atoms with Crippen molar-refractivity contribution in [1.29, 1.82) is 0 Å². The lowest BCUT2D eigenvalue weighted by molar-refractivity contribution is -0.167. The van der Waals surface area contributed by atoms with Crippen molar-refractivity contribution in [3.63, 3.8) is 0 Å². The average Bonchev–Trinajstić information content (AvgIpc) is 3.05. The molecule has 128 valence electrons. The highest BCUT2D eigenvalue weighted by Crippen LogP contribution is 2.49. The van der Waals surface area contributed by atoms with Crippen molar-refractivity contribution in [2.75, 3.05) is 0 Å². The molecule has 3 rings (SSSR count). The van der Waals surface area contributed by atoms with E-state index < -0.39 is 36.2 Å². The number of aliphatic hydroxyl groups is 1. The predicted octanol–water partition coefficient (Wildman–Crippen LogP) is 1.35. The lowest BCUT2D eigenvalue weighted by Crippen LogP contribution is -2.46. The number of ether oxygens (including phenoxy) is 3. The topological polar surface area (TPSA) is 85.4 Å². The summed E-state index contributed by atoms with van der Waals surface area (Å²) in [6.07, 6.45) is 0.0106. The molecule has 1 saturated carbocycles. The van der Waals surface area contributed by atoms with Crippen LogP contribution in [-0.2, 0) is 23.8 Å². The Labute approximate surface area is 135 Å². The zero-order chi connectivity index (χ0) is 16.9. The maximum Gasteiger partial charge on any atom is 0.334 e. The van der Waals surface area contributed by atoms with E-state index in [1.807, 2.05) is 13.8 Å². The van der Waals surface area contributed by atoms with Gasteiger partial charge < -0.3 is 19.3 Å². The summed E-state index contributed by atoms with van der Waals surface area (Å²) in [6, 6.07) is 0. The Morgan fingerprint density at radius 2 is 2.17 bits per heavy atom. The van der Waals surface area contributed by atoms with Crippen LogP contribution in [0.1, 0.15) is 40.0 Å². The van der Waals surface area contributed by atoms with Crippen LogP contribution in [0.25, 0.3) is 0 Å². The van der Waals surface area contributed by atoms with Crippen molar-refractivity contribution in [1.82, 2.24) is 0 Å². The molecule has 3 aliphatic rings. The molecular formula is C17H24O6. The first-order valence-corrected chi connectivity index (χ1v) is 8.17. The Bertz CT molecular complexity index is 543. The number of epoxide rings is 1. The van der Waals surface area contributed by atoms with E-state index in [1.165, 1.54) is 6.92 Å². The number of aliphatic hydroxyl groups excluding tert-OH is 1. The molecule has 6 nitrogen and oxygen atoms in total. The molecule has 2 aliphatic heterocycles. The first-order valence-electron chi connectivity index (χ1n) is 8.17. The van der Waals surface area contributed by atoms with Crippen LogP contribution < -0.4 is 0 Å². The minimum atomic E-state index is -0.896. The van der Waals surface area contributed by atoms with Crippen molar-refractivity contribution in [3.05, 3.63) is 12.2 Å². The Kier molecular flexibility index (Phi) is 4.01. The predicted molar refractivity (Wildman–Crippen MR) is 80.4 cm³/mol. The third-order valence-electron chi connectivity index (χ3n) is 5.40. The fourth-order valence-electron chi connectivity index (χ4n) is 3.99. The number of fused-ring (bicyclic) bond motifs is 2. The maximum absolute atomic E-state index is 12.0. The van der Waals surface area contributed by atoms with Crippen LogP contribution in [0.5, 0.6) is 0 Å². The largest absolute Gasteiger partial charge is 0.458 e. The van der Waals surface area contributed by atoms with Crippen molar-refractivity contribution >= 4 is 11.9 Å². The summed E-state index contributed by atoms with van der Waals surface area (Å²) in [5.74, 6) is -1.56. The highest BCUT2D eigenvalue weighted by atomic mass is 16.6. The van der Waals surface area contributed by atoms with Gasteiger partial charge in [0.1, 0.15) is 18.3 Å². The fraction of sp³-hybridized carbons (Fsp3) is 0.765. The van der Waals surface area contributed by atoms with Gasteiger partial charge in [0.2, 0.25) is 0 Å². The van der Waals surface area contributed by atoms with Gasteiger partial charge >= 0.3 is 11.9 Å². The van der Waals surface area contributed by atoms with E-state index in [2.05, 4.69) is 6.58 Å². The van der Waals surface area contributed by atoms with Gasteiger partial charge in [0.25, 0.3) is 0 Å². The fourth-order valence-corrected chi connectivity index (χ4v) is 3.99. The second-order valence-corrected chi connectivity index (χ2v) is 7.21. The Balaban J connectivity index is 1.94. The first kappa shape index (κ1) is 16.5. The van der Waals surface area contributed by atoms with E-state index in [-0.39, 0.29) is 23.2 Å². The van der Waals surface area contributed by atoms with Gasteiger partial charge in [-0.15, -0.1) is 0 Å². The van der Waals surface area contributed by atoms with E-state index in [1.54, 1.807) is 0 Å². The van der Waals surface area contributed by atoms with Gasteiger partial charge in [0.05, 0.1) is 17.6 Å². The van der Waals surface area contributed by atoms with Crippen molar-refractivity contribution < 1.29 is 28.9 Å². The molecule has 0 amide bonds. The lowest BCUT2D eigenvalue weighted by atomic mass is 9.78. The second-order valence-electron chi connectivity index (χ2n) is 7.21. The number of rotatable bonds is 1. The van der Waals surface area contributed by atoms with Crippen LogP contribution in [0, 0.1) is 11.8 Å². The molecular weight excluding hydrogens is 300 g/mol. The van der Waals surface area contributed by atoms with Crippen LogP contribution in [0.4, 0.5) is 0 Å². The first-order chi connectivity index (χ1) is 10.7. The van der Waals surface area contributed by atoms with E-state index >= 15 is 0 Å². The van der Waals surface area contributed by atoms with Crippen molar-refractivity contribution in [3.8, 4) is 0 Å². The molecule has 23 heavy (non-hydrogen) atoms. The molecule has 7 atom stereocenters. The van der Waals surface area contributed by atoms with Crippen LogP contribution in [0.15, 0.2) is 12.2 Å². The van der Waals surface area contributed by atoms with Crippen LogP contribution in [0.2, 0.25) is 0 Å². The maximum atomic E-state index is 12.0. The molecule has 2 heterocycles. The summed E-state index contributed by atoms with van der Waals surface area (Å²) in [5, 5.41) is 10.7. The summed E-state index contributed by atoms with van der Waals surface area (Å²) in [6.45, 7) is 9.07. The molecule has 0 unspecified atom stereocenters. The van der Waals surface area contributed by atoms with Crippen molar-refractivity contribution in [2.24, 2.45) is 11.8 Å². The zero-order valence-electron chi connectivity index (χ0n) is 13.8. The zero-order valence-corrected chi connectivity index (χ0v) is 13.8. The monoisotopic (exact) mass is 324 g/mol. The summed E-state index contributed by atoms with van der Waals surface area (Å²) >= 11 is 0. The van der Waals surface area contributed by atoms with E-state index in [0.717, 1.165) is 19.3 Å². The summed E-state index contributed by atoms with van der Waals surface area (Å²) in [5.41, 5.74) is -0.130. The van der Waals surface area contributed by atoms with Gasteiger partial charge in [0.15, 0.2) is 0 Å². The van der Waals surface area contributed by atoms with E-state index in [9.17, 15) is 14.7 Å². The number of hydrogen-bond donors (Lipinski definition) is 1. The Morgan fingerprint density at radius 1 is 1.48 bits per heavy atom. The molecule has 0 spiro atoms. The molecule has 2 saturated heterocycles. The number of esters is 2. The summed E-state index contributed by atoms with van der Waals surface area (Å²) < 4.78 is 16.6. The number of carbonyl (C=O) groups excluding carboxylic acids is 2. The molecule has 1 N–H and O–H groups in total. The van der Waals surface area contributed by atoms with Gasteiger partial charge in [-0.3, -0.25) is 4.79 Å². The summed E-state index contributed by atoms with van der Waals surface area (Å²) in [7, 11) is 0. The van der Waals surface area contributed by atoms with Crippen LogP contribution >= 0.6 is 0 Å². The van der Waals surface area contributed by atoms with Crippen molar-refractivity contribution in [2.45, 2.75) is 70.1 Å². The molecule has 3 fully saturated rings. The SMILES string of the molecule is C=C1C(=O)O[C@@H]2[C@H](OC(C)=O)[C@H](C)CCC[C@@]3(C)O[C@H]3[C@H](O)[C@@H]12. The minimum absolute atomic E-state index is 0.0104. The number of carbonyl (C=O) groups is 2. The van der Waals surface area contributed by atoms with E-state index in [0.29, 0.717) is 0 Å². The normalized spacial score (nSPS) is 46.4. The molecule has 1 aliphatic carbocycles. The van der Waals surface area contributed by atoms with Gasteiger partial charge in [-0.05, 0) is 25.7 Å². The number of hydrogen-bond acceptors (Lipinski definition) is 6. The molecule has 0 aromatic heterocycles. The molecule has 0 radical (unpaired) electrons. The lowest BCUT2D eigenvalue weighted by Gasteiger charge is -2.33. The third kappa shape index (κ3) is 2.78. The van der Waals surface area contributed by atoms with Gasteiger partial charge in [-0.1, -0.05) is 19.9 Å². The minimum Gasteiger partial charge on any atom is -0.458 e. The third-order valence-corrected chi connectivity index (χ3v) is 5.40. The Morgan fingerprint density at radius 3 is 2.83 bits per heavy atom. The van der Waals surface area contributed by atoms with Gasteiger partial charge in [-0.2, -0.15) is 0 Å². The molecule has 0 bridgehead atoms. The van der Waals surface area contributed by atoms with Gasteiger partial charge in [-0.25, -0.2) is 4.79 Å². The smallest absolute Gasteiger partial charge is 0.334 e. The average molecular weight is 324 g/mol. The van der Waals surface area contributed by atoms with Gasteiger partial charge in [0, 0.05) is 12.5 Å². The van der Waals surface area contributed by atoms with E-state index in [4.69, 9.17) is 14.2 Å². The van der Waals surface area contributed by atoms with Crippen LogP contribution in [0.3, 0.4) is 0 Å².